The monoisotopic (exact) mass is 346 g/mol. The fraction of sp³-hybridized carbons (Fsp3) is 0.389. The Kier molecular flexibility index (Phi) is 6.09. The van der Waals surface area contributed by atoms with E-state index in [-0.39, 0.29) is 12.5 Å². The first kappa shape index (κ1) is 18.1. The summed E-state index contributed by atoms with van der Waals surface area (Å²) in [6, 6.07) is 9.99. The molecule has 0 radical (unpaired) electrons. The highest BCUT2D eigenvalue weighted by atomic mass is 32.1. The van der Waals surface area contributed by atoms with E-state index in [4.69, 9.17) is 5.11 Å². The first-order chi connectivity index (χ1) is 11.4. The summed E-state index contributed by atoms with van der Waals surface area (Å²) >= 11 is 1.39. The van der Waals surface area contributed by atoms with Crippen molar-refractivity contribution >= 4 is 23.2 Å². The molecule has 0 aliphatic rings. The van der Waals surface area contributed by atoms with Gasteiger partial charge in [0, 0.05) is 19.5 Å². The topological polar surface area (TPSA) is 70.5 Å². The maximum absolute atomic E-state index is 12.7. The number of carbonyl (C=O) groups excluding carboxylic acids is 1. The minimum Gasteiger partial charge on any atom is -0.481 e. The largest absolute Gasteiger partial charge is 0.481 e. The summed E-state index contributed by atoms with van der Waals surface area (Å²) in [5.41, 5.74) is 1.86. The van der Waals surface area contributed by atoms with E-state index in [0.717, 1.165) is 10.6 Å². The molecule has 2 aromatic rings. The molecule has 0 spiro atoms. The predicted octanol–water partition coefficient (Wildman–Crippen LogP) is 3.23. The number of rotatable bonds is 7. The standard InChI is InChI=1S/C18H22N2O3S/c1-4-20(11-12(2)18(22)23)17(21)16-13(3)19-15(24-16)10-14-8-6-5-7-9-14/h5-9,12H,4,10-11H2,1-3H3,(H,22,23). The van der Waals surface area contributed by atoms with Gasteiger partial charge in [0.1, 0.15) is 4.88 Å². The van der Waals surface area contributed by atoms with Gasteiger partial charge in [0.2, 0.25) is 0 Å². The quantitative estimate of drug-likeness (QED) is 0.835. The number of aryl methyl sites for hydroxylation is 1. The number of carboxylic acids is 1. The second kappa shape index (κ2) is 8.06. The van der Waals surface area contributed by atoms with Crippen LogP contribution in [-0.4, -0.2) is 40.0 Å². The highest BCUT2D eigenvalue weighted by Gasteiger charge is 2.24. The molecule has 1 amide bonds. The van der Waals surface area contributed by atoms with Crippen molar-refractivity contribution in [1.29, 1.82) is 0 Å². The van der Waals surface area contributed by atoms with E-state index < -0.39 is 11.9 Å². The van der Waals surface area contributed by atoms with Crippen molar-refractivity contribution in [3.05, 3.63) is 51.5 Å². The molecule has 24 heavy (non-hydrogen) atoms. The zero-order valence-electron chi connectivity index (χ0n) is 14.2. The zero-order valence-corrected chi connectivity index (χ0v) is 15.0. The van der Waals surface area contributed by atoms with Crippen LogP contribution in [0.25, 0.3) is 0 Å². The molecule has 1 aromatic carbocycles. The van der Waals surface area contributed by atoms with Crippen LogP contribution in [0.5, 0.6) is 0 Å². The summed E-state index contributed by atoms with van der Waals surface area (Å²) in [6.07, 6.45) is 0.692. The summed E-state index contributed by atoms with van der Waals surface area (Å²) in [6.45, 7) is 5.97. The van der Waals surface area contributed by atoms with Crippen LogP contribution >= 0.6 is 11.3 Å². The Morgan fingerprint density at radius 3 is 2.54 bits per heavy atom. The number of thiazole rings is 1. The first-order valence-corrected chi connectivity index (χ1v) is 8.76. The number of aliphatic carboxylic acids is 1. The van der Waals surface area contributed by atoms with Crippen molar-refractivity contribution in [2.24, 2.45) is 5.92 Å². The molecule has 1 N–H and O–H groups in total. The Morgan fingerprint density at radius 2 is 1.96 bits per heavy atom. The van der Waals surface area contributed by atoms with E-state index in [9.17, 15) is 9.59 Å². The third-order valence-electron chi connectivity index (χ3n) is 3.82. The smallest absolute Gasteiger partial charge is 0.308 e. The van der Waals surface area contributed by atoms with E-state index in [0.29, 0.717) is 23.5 Å². The average molecular weight is 346 g/mol. The Balaban J connectivity index is 2.15. The molecule has 0 saturated carbocycles. The molecule has 6 heteroatoms. The highest BCUT2D eigenvalue weighted by Crippen LogP contribution is 2.23. The fourth-order valence-corrected chi connectivity index (χ4v) is 3.47. The first-order valence-electron chi connectivity index (χ1n) is 7.94. The maximum Gasteiger partial charge on any atom is 0.308 e. The van der Waals surface area contributed by atoms with Gasteiger partial charge < -0.3 is 10.0 Å². The van der Waals surface area contributed by atoms with Gasteiger partial charge in [0.25, 0.3) is 5.91 Å². The molecule has 0 aliphatic heterocycles. The molecule has 0 bridgehead atoms. The van der Waals surface area contributed by atoms with Crippen molar-refractivity contribution < 1.29 is 14.7 Å². The lowest BCUT2D eigenvalue weighted by Crippen LogP contribution is -2.36. The van der Waals surface area contributed by atoms with Crippen molar-refractivity contribution in [3.8, 4) is 0 Å². The predicted molar refractivity (Wildman–Crippen MR) is 94.5 cm³/mol. The molecule has 0 aliphatic carbocycles. The molecular formula is C18H22N2O3S. The lowest BCUT2D eigenvalue weighted by atomic mass is 10.1. The SMILES string of the molecule is CCN(CC(C)C(=O)O)C(=O)c1sc(Cc2ccccc2)nc1C. The molecule has 1 aromatic heterocycles. The third kappa shape index (κ3) is 4.41. The van der Waals surface area contributed by atoms with Crippen LogP contribution in [0.1, 0.15) is 39.8 Å². The number of aromatic nitrogens is 1. The van der Waals surface area contributed by atoms with Crippen molar-refractivity contribution in [1.82, 2.24) is 9.88 Å². The van der Waals surface area contributed by atoms with Crippen molar-refractivity contribution in [2.45, 2.75) is 27.2 Å². The number of hydrogen-bond acceptors (Lipinski definition) is 4. The molecule has 1 unspecified atom stereocenters. The van der Waals surface area contributed by atoms with Crippen LogP contribution in [0.3, 0.4) is 0 Å². The Morgan fingerprint density at radius 1 is 1.29 bits per heavy atom. The van der Waals surface area contributed by atoms with Gasteiger partial charge in [-0.25, -0.2) is 4.98 Å². The Labute approximate surface area is 146 Å². The summed E-state index contributed by atoms with van der Waals surface area (Å²) in [5, 5.41) is 9.95. The van der Waals surface area contributed by atoms with Crippen LogP contribution in [0.15, 0.2) is 30.3 Å². The highest BCUT2D eigenvalue weighted by molar-refractivity contribution is 7.13. The minimum atomic E-state index is -0.896. The molecule has 0 saturated heterocycles. The van der Waals surface area contributed by atoms with Crippen LogP contribution < -0.4 is 0 Å². The van der Waals surface area contributed by atoms with Crippen LogP contribution in [0.4, 0.5) is 0 Å². The lowest BCUT2D eigenvalue weighted by Gasteiger charge is -2.22. The maximum atomic E-state index is 12.7. The fourth-order valence-electron chi connectivity index (χ4n) is 2.40. The summed E-state index contributed by atoms with van der Waals surface area (Å²) < 4.78 is 0. The van der Waals surface area contributed by atoms with E-state index in [1.165, 1.54) is 11.3 Å². The van der Waals surface area contributed by atoms with E-state index in [1.54, 1.807) is 11.8 Å². The number of carboxylic acid groups (broad SMARTS) is 1. The number of carbonyl (C=O) groups is 2. The van der Waals surface area contributed by atoms with Gasteiger partial charge in [0.05, 0.1) is 16.6 Å². The second-order valence-electron chi connectivity index (χ2n) is 5.77. The van der Waals surface area contributed by atoms with Crippen molar-refractivity contribution in [3.63, 3.8) is 0 Å². The second-order valence-corrected chi connectivity index (χ2v) is 6.85. The summed E-state index contributed by atoms with van der Waals surface area (Å²) in [4.78, 5) is 30.4. The number of nitrogens with zero attached hydrogens (tertiary/aromatic N) is 2. The van der Waals surface area contributed by atoms with Crippen LogP contribution in [-0.2, 0) is 11.2 Å². The van der Waals surface area contributed by atoms with Crippen LogP contribution in [0, 0.1) is 12.8 Å². The zero-order chi connectivity index (χ0) is 17.7. The van der Waals surface area contributed by atoms with Crippen LogP contribution in [0.2, 0.25) is 0 Å². The van der Waals surface area contributed by atoms with Gasteiger partial charge in [-0.15, -0.1) is 11.3 Å². The lowest BCUT2D eigenvalue weighted by molar-refractivity contribution is -0.141. The summed E-state index contributed by atoms with van der Waals surface area (Å²) in [7, 11) is 0. The molecular weight excluding hydrogens is 324 g/mol. The van der Waals surface area contributed by atoms with Gasteiger partial charge >= 0.3 is 5.97 Å². The van der Waals surface area contributed by atoms with Gasteiger partial charge in [-0.2, -0.15) is 0 Å². The molecule has 0 fully saturated rings. The minimum absolute atomic E-state index is 0.139. The third-order valence-corrected chi connectivity index (χ3v) is 4.96. The normalized spacial score (nSPS) is 12.0. The molecule has 128 valence electrons. The van der Waals surface area contributed by atoms with Gasteiger partial charge in [-0.3, -0.25) is 9.59 Å². The number of hydrogen-bond donors (Lipinski definition) is 1. The summed E-state index contributed by atoms with van der Waals surface area (Å²) in [5.74, 6) is -1.63. The molecule has 1 atom stereocenters. The van der Waals surface area contributed by atoms with Gasteiger partial charge in [-0.05, 0) is 19.4 Å². The van der Waals surface area contributed by atoms with E-state index in [2.05, 4.69) is 4.98 Å². The number of benzene rings is 1. The Hall–Kier alpha value is -2.21. The Bertz CT molecular complexity index is 712. The molecule has 5 nitrogen and oxygen atoms in total. The van der Waals surface area contributed by atoms with E-state index >= 15 is 0 Å². The van der Waals surface area contributed by atoms with Crippen molar-refractivity contribution in [2.75, 3.05) is 13.1 Å². The van der Waals surface area contributed by atoms with Gasteiger partial charge in [0.15, 0.2) is 0 Å². The molecule has 2 rings (SSSR count). The number of amides is 1. The van der Waals surface area contributed by atoms with Gasteiger partial charge in [-0.1, -0.05) is 37.3 Å². The van der Waals surface area contributed by atoms with E-state index in [1.807, 2.05) is 44.2 Å². The average Bonchev–Trinajstić information content (AvgIpc) is 2.92. The molecule has 1 heterocycles.